The summed E-state index contributed by atoms with van der Waals surface area (Å²) in [4.78, 5) is -0.0109. The van der Waals surface area contributed by atoms with Crippen LogP contribution in [-0.2, 0) is 0 Å². The standard InChI is InChI=1S/C10H7ClFN3S/c11-8-3-7(1-2-9(8)12)15-5-6(4-13)10(14)16/h1-3,5,15H,(H2,14,16)/b6-5-. The second-order valence-corrected chi connectivity index (χ2v) is 3.65. The van der Waals surface area contributed by atoms with Crippen molar-refractivity contribution in [2.45, 2.75) is 0 Å². The SMILES string of the molecule is N#C/C(=C/Nc1ccc(F)c(Cl)c1)C(N)=S. The van der Waals surface area contributed by atoms with Gasteiger partial charge in [-0.15, -0.1) is 0 Å². The topological polar surface area (TPSA) is 61.8 Å². The quantitative estimate of drug-likeness (QED) is 0.495. The van der Waals surface area contributed by atoms with Gasteiger partial charge in [-0.25, -0.2) is 4.39 Å². The smallest absolute Gasteiger partial charge is 0.141 e. The van der Waals surface area contributed by atoms with Gasteiger partial charge in [-0.05, 0) is 18.2 Å². The van der Waals surface area contributed by atoms with Crippen molar-refractivity contribution in [3.63, 3.8) is 0 Å². The molecule has 0 spiro atoms. The molecule has 3 N–H and O–H groups in total. The molecule has 0 aromatic heterocycles. The fourth-order valence-electron chi connectivity index (χ4n) is 0.900. The zero-order valence-electron chi connectivity index (χ0n) is 8.00. The molecule has 0 bridgehead atoms. The summed E-state index contributed by atoms with van der Waals surface area (Å²) < 4.78 is 12.8. The second kappa shape index (κ2) is 5.45. The molecule has 3 nitrogen and oxygen atoms in total. The Kier molecular flexibility index (Phi) is 4.23. The van der Waals surface area contributed by atoms with Gasteiger partial charge in [0.05, 0.1) is 5.02 Å². The van der Waals surface area contributed by atoms with E-state index in [4.69, 9.17) is 22.6 Å². The summed E-state index contributed by atoms with van der Waals surface area (Å²) in [6.07, 6.45) is 1.34. The lowest BCUT2D eigenvalue weighted by atomic mass is 10.3. The first-order valence-electron chi connectivity index (χ1n) is 4.16. The molecule has 6 heteroatoms. The van der Waals surface area contributed by atoms with Gasteiger partial charge in [-0.3, -0.25) is 0 Å². The average molecular weight is 256 g/mol. The molecule has 0 saturated heterocycles. The molecule has 1 aromatic carbocycles. The Balaban J connectivity index is 2.86. The molecule has 1 rings (SSSR count). The lowest BCUT2D eigenvalue weighted by Crippen LogP contribution is -2.11. The number of anilines is 1. The minimum absolute atomic E-state index is 0.00719. The first-order valence-corrected chi connectivity index (χ1v) is 4.95. The first-order chi connectivity index (χ1) is 7.54. The summed E-state index contributed by atoms with van der Waals surface area (Å²) >= 11 is 10.2. The molecule has 0 unspecified atom stereocenters. The summed E-state index contributed by atoms with van der Waals surface area (Å²) in [5.41, 5.74) is 5.95. The first kappa shape index (κ1) is 12.4. The van der Waals surface area contributed by atoms with Crippen LogP contribution >= 0.6 is 23.8 Å². The molecule has 0 aliphatic rings. The summed E-state index contributed by atoms with van der Waals surface area (Å²) in [5.74, 6) is -0.508. The highest BCUT2D eigenvalue weighted by atomic mass is 35.5. The van der Waals surface area contributed by atoms with E-state index in [1.54, 1.807) is 0 Å². The summed E-state index contributed by atoms with van der Waals surface area (Å²) in [6.45, 7) is 0. The Bertz CT molecular complexity index is 493. The third-order valence-corrected chi connectivity index (χ3v) is 2.20. The van der Waals surface area contributed by atoms with Gasteiger partial charge in [0.25, 0.3) is 0 Å². The molecule has 0 heterocycles. The normalized spacial score (nSPS) is 10.7. The van der Waals surface area contributed by atoms with Crippen molar-refractivity contribution in [2.75, 3.05) is 5.32 Å². The number of nitrogens with two attached hydrogens (primary N) is 1. The fourth-order valence-corrected chi connectivity index (χ4v) is 1.19. The maximum atomic E-state index is 12.8. The number of rotatable bonds is 3. The molecule has 16 heavy (non-hydrogen) atoms. The molecule has 82 valence electrons. The maximum Gasteiger partial charge on any atom is 0.141 e. The molecule has 0 aliphatic heterocycles. The number of hydrogen-bond acceptors (Lipinski definition) is 3. The van der Waals surface area contributed by atoms with Crippen LogP contribution in [0.5, 0.6) is 0 Å². The number of benzene rings is 1. The Labute approximate surface area is 102 Å². The Hall–Kier alpha value is -1.64. The van der Waals surface area contributed by atoms with Gasteiger partial charge in [0.2, 0.25) is 0 Å². The third kappa shape index (κ3) is 3.19. The minimum Gasteiger partial charge on any atom is -0.389 e. The number of nitrogens with one attached hydrogen (secondary N) is 1. The van der Waals surface area contributed by atoms with Crippen LogP contribution in [-0.4, -0.2) is 4.99 Å². The average Bonchev–Trinajstić information content (AvgIpc) is 2.23. The lowest BCUT2D eigenvalue weighted by Gasteiger charge is -2.02. The lowest BCUT2D eigenvalue weighted by molar-refractivity contribution is 0.628. The predicted molar refractivity (Wildman–Crippen MR) is 65.5 cm³/mol. The van der Waals surface area contributed by atoms with E-state index in [-0.39, 0.29) is 15.6 Å². The number of thiocarbonyl (C=S) groups is 1. The van der Waals surface area contributed by atoms with Crippen LogP contribution in [0.3, 0.4) is 0 Å². The van der Waals surface area contributed by atoms with Crippen LogP contribution in [0.2, 0.25) is 5.02 Å². The molecule has 0 amide bonds. The highest BCUT2D eigenvalue weighted by Gasteiger charge is 2.01. The van der Waals surface area contributed by atoms with Gasteiger partial charge in [-0.2, -0.15) is 5.26 Å². The molecular formula is C10H7ClFN3S. The van der Waals surface area contributed by atoms with Crippen molar-refractivity contribution < 1.29 is 4.39 Å². The van der Waals surface area contributed by atoms with Crippen molar-refractivity contribution in [3.8, 4) is 6.07 Å². The minimum atomic E-state index is -0.508. The highest BCUT2D eigenvalue weighted by Crippen LogP contribution is 2.19. The molecule has 0 atom stereocenters. The van der Waals surface area contributed by atoms with Crippen LogP contribution in [0, 0.1) is 17.1 Å². The van der Waals surface area contributed by atoms with Crippen LogP contribution in [0.4, 0.5) is 10.1 Å². The van der Waals surface area contributed by atoms with E-state index in [0.717, 1.165) is 0 Å². The molecular weight excluding hydrogens is 249 g/mol. The zero-order valence-corrected chi connectivity index (χ0v) is 9.57. The van der Waals surface area contributed by atoms with E-state index in [0.29, 0.717) is 5.69 Å². The van der Waals surface area contributed by atoms with Crippen molar-refractivity contribution >= 4 is 34.5 Å². The highest BCUT2D eigenvalue weighted by molar-refractivity contribution is 7.80. The van der Waals surface area contributed by atoms with E-state index in [1.165, 1.54) is 24.4 Å². The summed E-state index contributed by atoms with van der Waals surface area (Å²) in [5, 5.41) is 11.4. The Morgan fingerprint density at radius 1 is 1.62 bits per heavy atom. The number of halogens is 2. The van der Waals surface area contributed by atoms with Gasteiger partial charge in [-0.1, -0.05) is 23.8 Å². The van der Waals surface area contributed by atoms with E-state index in [1.807, 2.05) is 6.07 Å². The largest absolute Gasteiger partial charge is 0.389 e. The maximum absolute atomic E-state index is 12.8. The Morgan fingerprint density at radius 3 is 2.81 bits per heavy atom. The molecule has 0 radical (unpaired) electrons. The monoisotopic (exact) mass is 255 g/mol. The van der Waals surface area contributed by atoms with Gasteiger partial charge in [0.1, 0.15) is 22.4 Å². The molecule has 0 fully saturated rings. The summed E-state index contributed by atoms with van der Waals surface area (Å²) in [6, 6.07) is 5.91. The molecule has 0 aliphatic carbocycles. The number of hydrogen-bond donors (Lipinski definition) is 2. The van der Waals surface area contributed by atoms with E-state index in [9.17, 15) is 4.39 Å². The predicted octanol–water partition coefficient (Wildman–Crippen LogP) is 2.58. The number of nitriles is 1. The van der Waals surface area contributed by atoms with Crippen molar-refractivity contribution in [2.24, 2.45) is 5.73 Å². The fraction of sp³-hybridized carbons (Fsp3) is 0. The van der Waals surface area contributed by atoms with Gasteiger partial charge in [0.15, 0.2) is 0 Å². The van der Waals surface area contributed by atoms with Crippen LogP contribution < -0.4 is 11.1 Å². The van der Waals surface area contributed by atoms with E-state index < -0.39 is 5.82 Å². The van der Waals surface area contributed by atoms with Gasteiger partial charge >= 0.3 is 0 Å². The number of nitrogens with zero attached hydrogens (tertiary/aromatic N) is 1. The zero-order chi connectivity index (χ0) is 12.1. The van der Waals surface area contributed by atoms with Crippen molar-refractivity contribution in [1.29, 1.82) is 5.26 Å². The van der Waals surface area contributed by atoms with Gasteiger partial charge in [0, 0.05) is 11.9 Å². The van der Waals surface area contributed by atoms with Crippen LogP contribution in [0.25, 0.3) is 0 Å². The van der Waals surface area contributed by atoms with Crippen molar-refractivity contribution in [1.82, 2.24) is 0 Å². The second-order valence-electron chi connectivity index (χ2n) is 2.81. The van der Waals surface area contributed by atoms with E-state index >= 15 is 0 Å². The summed E-state index contributed by atoms with van der Waals surface area (Å²) in [7, 11) is 0. The van der Waals surface area contributed by atoms with E-state index in [2.05, 4.69) is 17.5 Å². The van der Waals surface area contributed by atoms with Crippen LogP contribution in [0.15, 0.2) is 30.0 Å². The van der Waals surface area contributed by atoms with Crippen LogP contribution in [0.1, 0.15) is 0 Å². The van der Waals surface area contributed by atoms with Crippen molar-refractivity contribution in [3.05, 3.63) is 40.8 Å². The Morgan fingerprint density at radius 2 is 2.31 bits per heavy atom. The molecule has 1 aromatic rings. The third-order valence-electron chi connectivity index (χ3n) is 1.69. The molecule has 0 saturated carbocycles. The van der Waals surface area contributed by atoms with Gasteiger partial charge < -0.3 is 11.1 Å².